The minimum atomic E-state index is -0.595. The first-order valence-electron chi connectivity index (χ1n) is 5.49. The fourth-order valence-corrected chi connectivity index (χ4v) is 1.94. The molecular formula is C13H8Cl2N2O3. The lowest BCUT2D eigenvalue weighted by Crippen LogP contribution is -2.13. The molecule has 5 nitrogen and oxygen atoms in total. The minimum absolute atomic E-state index is 0.0146. The second-order valence-electron chi connectivity index (χ2n) is 3.86. The van der Waals surface area contributed by atoms with Gasteiger partial charge in [0.25, 0.3) is 11.6 Å². The average molecular weight is 311 g/mol. The van der Waals surface area contributed by atoms with Crippen LogP contribution in [0.2, 0.25) is 10.0 Å². The standard InChI is InChI=1S/C13H8Cl2N2O3/c14-10-6-5-8(17(19)20)7-9(10)13(18)16-12-4-2-1-3-11(12)15/h1-7H,(H,16,18). The molecule has 2 aromatic carbocycles. The third-order valence-electron chi connectivity index (χ3n) is 2.53. The predicted octanol–water partition coefficient (Wildman–Crippen LogP) is 4.15. The third kappa shape index (κ3) is 3.07. The highest BCUT2D eigenvalue weighted by Gasteiger charge is 2.16. The van der Waals surface area contributed by atoms with Crippen molar-refractivity contribution in [3.63, 3.8) is 0 Å². The van der Waals surface area contributed by atoms with Crippen molar-refractivity contribution in [3.05, 3.63) is 68.2 Å². The molecule has 0 bridgehead atoms. The van der Waals surface area contributed by atoms with Crippen molar-refractivity contribution in [3.8, 4) is 0 Å². The predicted molar refractivity (Wildman–Crippen MR) is 77.5 cm³/mol. The van der Waals surface area contributed by atoms with Gasteiger partial charge in [0, 0.05) is 12.1 Å². The number of nitrogens with zero attached hydrogens (tertiary/aromatic N) is 1. The van der Waals surface area contributed by atoms with E-state index in [2.05, 4.69) is 5.32 Å². The third-order valence-corrected chi connectivity index (χ3v) is 3.19. The summed E-state index contributed by atoms with van der Waals surface area (Å²) >= 11 is 11.8. The number of hydrogen-bond donors (Lipinski definition) is 1. The SMILES string of the molecule is O=C(Nc1ccccc1Cl)c1cc([N+](=O)[O-])ccc1Cl. The van der Waals surface area contributed by atoms with Crippen LogP contribution in [0.25, 0.3) is 0 Å². The normalized spacial score (nSPS) is 10.1. The number of non-ortho nitro benzene ring substituents is 1. The van der Waals surface area contributed by atoms with Gasteiger partial charge in [0.1, 0.15) is 0 Å². The van der Waals surface area contributed by atoms with Gasteiger partial charge in [-0.1, -0.05) is 35.3 Å². The number of amides is 1. The summed E-state index contributed by atoms with van der Waals surface area (Å²) in [5.74, 6) is -0.563. The first-order valence-corrected chi connectivity index (χ1v) is 6.24. The van der Waals surface area contributed by atoms with Crippen molar-refractivity contribution in [2.24, 2.45) is 0 Å². The number of nitro benzene ring substituents is 1. The number of anilines is 1. The average Bonchev–Trinajstić information content (AvgIpc) is 2.41. The maximum atomic E-state index is 12.1. The first-order chi connectivity index (χ1) is 9.49. The minimum Gasteiger partial charge on any atom is -0.321 e. The van der Waals surface area contributed by atoms with Crippen LogP contribution in [0.4, 0.5) is 11.4 Å². The molecule has 0 saturated heterocycles. The van der Waals surface area contributed by atoms with Gasteiger partial charge in [0.15, 0.2) is 0 Å². The van der Waals surface area contributed by atoms with E-state index in [1.807, 2.05) is 0 Å². The number of rotatable bonds is 3. The number of carbonyl (C=O) groups excluding carboxylic acids is 1. The molecule has 20 heavy (non-hydrogen) atoms. The van der Waals surface area contributed by atoms with Crippen LogP contribution in [0, 0.1) is 10.1 Å². The monoisotopic (exact) mass is 310 g/mol. The van der Waals surface area contributed by atoms with Crippen molar-refractivity contribution in [2.45, 2.75) is 0 Å². The number of hydrogen-bond acceptors (Lipinski definition) is 3. The number of para-hydroxylation sites is 1. The molecule has 0 saturated carbocycles. The van der Waals surface area contributed by atoms with Gasteiger partial charge >= 0.3 is 0 Å². The van der Waals surface area contributed by atoms with Crippen LogP contribution in [-0.2, 0) is 0 Å². The van der Waals surface area contributed by atoms with Gasteiger partial charge in [-0.2, -0.15) is 0 Å². The number of benzene rings is 2. The van der Waals surface area contributed by atoms with Gasteiger partial charge < -0.3 is 5.32 Å². The molecule has 0 atom stereocenters. The Labute approximate surface area is 124 Å². The largest absolute Gasteiger partial charge is 0.321 e. The molecular weight excluding hydrogens is 303 g/mol. The molecule has 0 aliphatic heterocycles. The van der Waals surface area contributed by atoms with Crippen molar-refractivity contribution < 1.29 is 9.72 Å². The van der Waals surface area contributed by atoms with Gasteiger partial charge in [0.2, 0.25) is 0 Å². The van der Waals surface area contributed by atoms with Crippen molar-refractivity contribution in [1.29, 1.82) is 0 Å². The Morgan fingerprint density at radius 3 is 2.45 bits per heavy atom. The van der Waals surface area contributed by atoms with E-state index in [9.17, 15) is 14.9 Å². The number of carbonyl (C=O) groups is 1. The van der Waals surface area contributed by atoms with Gasteiger partial charge in [-0.3, -0.25) is 14.9 Å². The van der Waals surface area contributed by atoms with Crippen LogP contribution in [0.1, 0.15) is 10.4 Å². The summed E-state index contributed by atoms with van der Waals surface area (Å²) in [5, 5.41) is 13.8. The van der Waals surface area contributed by atoms with E-state index in [0.717, 1.165) is 6.07 Å². The lowest BCUT2D eigenvalue weighted by molar-refractivity contribution is -0.384. The fourth-order valence-electron chi connectivity index (χ4n) is 1.55. The number of nitro groups is 1. The molecule has 0 heterocycles. The molecule has 0 radical (unpaired) electrons. The van der Waals surface area contributed by atoms with E-state index in [1.165, 1.54) is 12.1 Å². The van der Waals surface area contributed by atoms with Crippen LogP contribution < -0.4 is 5.32 Å². The molecule has 0 aliphatic rings. The van der Waals surface area contributed by atoms with E-state index in [0.29, 0.717) is 10.7 Å². The van der Waals surface area contributed by atoms with E-state index >= 15 is 0 Å². The summed E-state index contributed by atoms with van der Waals surface area (Å²) in [6.45, 7) is 0. The Morgan fingerprint density at radius 1 is 1.10 bits per heavy atom. The highest BCUT2D eigenvalue weighted by Crippen LogP contribution is 2.25. The highest BCUT2D eigenvalue weighted by atomic mass is 35.5. The quantitative estimate of drug-likeness (QED) is 0.683. The summed E-state index contributed by atoms with van der Waals surface area (Å²) < 4.78 is 0. The van der Waals surface area contributed by atoms with E-state index in [-0.39, 0.29) is 16.3 Å². The zero-order valence-electron chi connectivity index (χ0n) is 9.97. The van der Waals surface area contributed by atoms with Crippen LogP contribution >= 0.6 is 23.2 Å². The maximum absolute atomic E-state index is 12.1. The second-order valence-corrected chi connectivity index (χ2v) is 4.67. The number of nitrogens with one attached hydrogen (secondary N) is 1. The summed E-state index contributed by atoms with van der Waals surface area (Å²) in [6.07, 6.45) is 0. The molecule has 0 aliphatic carbocycles. The first kappa shape index (κ1) is 14.3. The van der Waals surface area contributed by atoms with Crippen molar-refractivity contribution >= 4 is 40.5 Å². The van der Waals surface area contributed by atoms with E-state index in [1.54, 1.807) is 24.3 Å². The van der Waals surface area contributed by atoms with Crippen molar-refractivity contribution in [2.75, 3.05) is 5.32 Å². The molecule has 0 aromatic heterocycles. The molecule has 0 fully saturated rings. The van der Waals surface area contributed by atoms with Gasteiger partial charge in [-0.25, -0.2) is 0 Å². The molecule has 1 amide bonds. The molecule has 2 rings (SSSR count). The molecule has 0 spiro atoms. The molecule has 0 unspecified atom stereocenters. The Balaban J connectivity index is 2.32. The lowest BCUT2D eigenvalue weighted by atomic mass is 10.2. The zero-order chi connectivity index (χ0) is 14.7. The molecule has 102 valence electrons. The van der Waals surface area contributed by atoms with Crippen LogP contribution in [-0.4, -0.2) is 10.8 Å². The summed E-state index contributed by atoms with van der Waals surface area (Å²) in [6, 6.07) is 10.3. The van der Waals surface area contributed by atoms with Crippen LogP contribution in [0.3, 0.4) is 0 Å². The summed E-state index contributed by atoms with van der Waals surface area (Å²) in [7, 11) is 0. The smallest absolute Gasteiger partial charge is 0.270 e. The zero-order valence-corrected chi connectivity index (χ0v) is 11.5. The molecule has 2 aromatic rings. The Morgan fingerprint density at radius 2 is 1.80 bits per heavy atom. The fraction of sp³-hybridized carbons (Fsp3) is 0. The van der Waals surface area contributed by atoms with Crippen LogP contribution in [0.5, 0.6) is 0 Å². The van der Waals surface area contributed by atoms with Gasteiger partial charge in [-0.15, -0.1) is 0 Å². The van der Waals surface area contributed by atoms with Crippen LogP contribution in [0.15, 0.2) is 42.5 Å². The maximum Gasteiger partial charge on any atom is 0.270 e. The topological polar surface area (TPSA) is 72.2 Å². The van der Waals surface area contributed by atoms with E-state index < -0.39 is 10.8 Å². The van der Waals surface area contributed by atoms with Gasteiger partial charge in [-0.05, 0) is 18.2 Å². The lowest BCUT2D eigenvalue weighted by Gasteiger charge is -2.08. The summed E-state index contributed by atoms with van der Waals surface area (Å²) in [5.41, 5.74) is 0.209. The Kier molecular flexibility index (Phi) is 4.22. The number of halogens is 2. The summed E-state index contributed by atoms with van der Waals surface area (Å²) in [4.78, 5) is 22.2. The second kappa shape index (κ2) is 5.90. The highest BCUT2D eigenvalue weighted by molar-refractivity contribution is 6.36. The molecule has 1 N–H and O–H groups in total. The van der Waals surface area contributed by atoms with Gasteiger partial charge in [0.05, 0.1) is 26.2 Å². The molecule has 7 heteroatoms. The van der Waals surface area contributed by atoms with Crippen molar-refractivity contribution in [1.82, 2.24) is 0 Å². The Hall–Kier alpha value is -2.11. The van der Waals surface area contributed by atoms with E-state index in [4.69, 9.17) is 23.2 Å². The Bertz CT molecular complexity index is 689.